The summed E-state index contributed by atoms with van der Waals surface area (Å²) < 4.78 is 10.6. The second kappa shape index (κ2) is 8.78. The molecule has 0 bridgehead atoms. The van der Waals surface area contributed by atoms with Crippen molar-refractivity contribution in [1.29, 1.82) is 0 Å². The zero-order valence-corrected chi connectivity index (χ0v) is 21.7. The summed E-state index contributed by atoms with van der Waals surface area (Å²) >= 11 is 0. The van der Waals surface area contributed by atoms with Gasteiger partial charge in [0.15, 0.2) is 5.58 Å². The maximum Gasteiger partial charge on any atom is 0.227 e. The minimum Gasteiger partial charge on any atom is -0.436 e. The molecule has 0 spiro atoms. The highest BCUT2D eigenvalue weighted by Gasteiger charge is 2.16. The molecule has 0 saturated carbocycles. The molecule has 0 atom stereocenters. The van der Waals surface area contributed by atoms with Crippen LogP contribution < -0.4 is 0 Å². The molecule has 0 amide bonds. The second-order valence-corrected chi connectivity index (χ2v) is 9.91. The van der Waals surface area contributed by atoms with E-state index in [9.17, 15) is 0 Å². The third kappa shape index (κ3) is 3.54. The fourth-order valence-corrected chi connectivity index (χ4v) is 5.55. The molecule has 0 N–H and O–H groups in total. The molecule has 8 rings (SSSR count). The summed E-state index contributed by atoms with van der Waals surface area (Å²) in [5.74, 6) is 1.48. The first-order valence-corrected chi connectivity index (χ1v) is 13.2. The SMILES string of the molecule is Cn1ccnc1-c1ccc2oc(-c3ccc4c5ccccc5n(-c5cccc(-c6ccccn6)c5)c4c3)nc2c1. The van der Waals surface area contributed by atoms with E-state index in [4.69, 9.17) is 9.40 Å². The van der Waals surface area contributed by atoms with Crippen LogP contribution >= 0.6 is 0 Å². The van der Waals surface area contributed by atoms with E-state index in [1.54, 1.807) is 6.20 Å². The Bertz CT molecular complexity index is 2190. The first-order valence-electron chi connectivity index (χ1n) is 13.2. The lowest BCUT2D eigenvalue weighted by Crippen LogP contribution is -1.95. The molecule has 190 valence electrons. The molecule has 0 saturated heterocycles. The predicted octanol–water partition coefficient (Wildman–Crippen LogP) is 8.05. The van der Waals surface area contributed by atoms with Gasteiger partial charge in [0.1, 0.15) is 11.3 Å². The van der Waals surface area contributed by atoms with Crippen molar-refractivity contribution < 1.29 is 4.42 Å². The Kier molecular flexibility index (Phi) is 4.94. The van der Waals surface area contributed by atoms with E-state index < -0.39 is 0 Å². The molecule has 0 fully saturated rings. The number of fused-ring (bicyclic) bond motifs is 4. The highest BCUT2D eigenvalue weighted by molar-refractivity contribution is 6.10. The number of oxazole rings is 1. The van der Waals surface area contributed by atoms with Gasteiger partial charge in [-0.05, 0) is 60.7 Å². The zero-order chi connectivity index (χ0) is 26.6. The van der Waals surface area contributed by atoms with E-state index in [1.807, 2.05) is 60.4 Å². The Labute approximate surface area is 229 Å². The van der Waals surface area contributed by atoms with Crippen LogP contribution in [0, 0.1) is 0 Å². The summed E-state index contributed by atoms with van der Waals surface area (Å²) in [5.41, 5.74) is 8.80. The number of aryl methyl sites for hydroxylation is 1. The average Bonchev–Trinajstić information content (AvgIpc) is 3.72. The monoisotopic (exact) mass is 517 g/mol. The number of hydrogen-bond acceptors (Lipinski definition) is 4. The van der Waals surface area contributed by atoms with Crippen molar-refractivity contribution in [1.82, 2.24) is 24.1 Å². The molecule has 4 aromatic carbocycles. The van der Waals surface area contributed by atoms with Crippen LogP contribution in [0.2, 0.25) is 0 Å². The number of benzene rings is 4. The van der Waals surface area contributed by atoms with Gasteiger partial charge in [-0.1, -0.05) is 42.5 Å². The Morgan fingerprint density at radius 3 is 2.40 bits per heavy atom. The molecule has 40 heavy (non-hydrogen) atoms. The van der Waals surface area contributed by atoms with Crippen molar-refractivity contribution in [3.63, 3.8) is 0 Å². The number of imidazole rings is 1. The number of pyridine rings is 1. The molecule has 6 nitrogen and oxygen atoms in total. The largest absolute Gasteiger partial charge is 0.436 e. The van der Waals surface area contributed by atoms with Crippen molar-refractivity contribution >= 4 is 32.9 Å². The lowest BCUT2D eigenvalue weighted by molar-refractivity contribution is 0.620. The van der Waals surface area contributed by atoms with Crippen LogP contribution in [0.1, 0.15) is 0 Å². The van der Waals surface area contributed by atoms with Gasteiger partial charge < -0.3 is 13.6 Å². The second-order valence-electron chi connectivity index (χ2n) is 9.91. The van der Waals surface area contributed by atoms with E-state index in [0.717, 1.165) is 56.0 Å². The Balaban J connectivity index is 1.30. The van der Waals surface area contributed by atoms with Gasteiger partial charge in [0.2, 0.25) is 5.89 Å². The molecular weight excluding hydrogens is 494 g/mol. The number of hydrogen-bond donors (Lipinski definition) is 0. The van der Waals surface area contributed by atoms with Gasteiger partial charge in [-0.25, -0.2) is 9.97 Å². The Morgan fingerprint density at radius 2 is 1.52 bits per heavy atom. The van der Waals surface area contributed by atoms with E-state index in [0.29, 0.717) is 5.89 Å². The summed E-state index contributed by atoms with van der Waals surface area (Å²) in [6.45, 7) is 0. The van der Waals surface area contributed by atoms with Crippen LogP contribution in [0.5, 0.6) is 0 Å². The number of nitrogens with zero attached hydrogens (tertiary/aromatic N) is 5. The van der Waals surface area contributed by atoms with Gasteiger partial charge in [-0.2, -0.15) is 0 Å². The van der Waals surface area contributed by atoms with Crippen molar-refractivity contribution in [2.24, 2.45) is 7.05 Å². The van der Waals surface area contributed by atoms with Crippen LogP contribution in [-0.4, -0.2) is 24.1 Å². The highest BCUT2D eigenvalue weighted by Crippen LogP contribution is 2.36. The molecule has 0 unspecified atom stereocenters. The maximum atomic E-state index is 6.25. The van der Waals surface area contributed by atoms with Crippen molar-refractivity contribution in [3.8, 4) is 39.8 Å². The minimum absolute atomic E-state index is 0.591. The summed E-state index contributed by atoms with van der Waals surface area (Å²) in [4.78, 5) is 13.9. The third-order valence-electron chi connectivity index (χ3n) is 7.45. The summed E-state index contributed by atoms with van der Waals surface area (Å²) in [5, 5.41) is 2.38. The van der Waals surface area contributed by atoms with Crippen LogP contribution in [0.4, 0.5) is 0 Å². The molecule has 0 aliphatic carbocycles. The van der Waals surface area contributed by atoms with Crippen LogP contribution in [-0.2, 0) is 7.05 Å². The van der Waals surface area contributed by atoms with E-state index >= 15 is 0 Å². The van der Waals surface area contributed by atoms with Crippen molar-refractivity contribution in [2.45, 2.75) is 0 Å². The third-order valence-corrected chi connectivity index (χ3v) is 7.45. The fourth-order valence-electron chi connectivity index (χ4n) is 5.55. The lowest BCUT2D eigenvalue weighted by atomic mass is 10.1. The molecule has 4 heterocycles. The van der Waals surface area contributed by atoms with Gasteiger partial charge in [0.05, 0.1) is 16.7 Å². The quantitative estimate of drug-likeness (QED) is 0.237. The minimum atomic E-state index is 0.591. The van der Waals surface area contributed by atoms with E-state index in [-0.39, 0.29) is 0 Å². The predicted molar refractivity (Wildman–Crippen MR) is 159 cm³/mol. The first-order chi connectivity index (χ1) is 19.7. The molecular formula is C34H23N5O. The van der Waals surface area contributed by atoms with Crippen LogP contribution in [0.3, 0.4) is 0 Å². The first kappa shape index (κ1) is 22.5. The number of aromatic nitrogens is 5. The summed E-state index contributed by atoms with van der Waals surface area (Å²) in [6, 6.07) is 35.5. The lowest BCUT2D eigenvalue weighted by Gasteiger charge is -2.10. The van der Waals surface area contributed by atoms with Gasteiger partial charge >= 0.3 is 0 Å². The zero-order valence-electron chi connectivity index (χ0n) is 21.7. The van der Waals surface area contributed by atoms with E-state index in [1.165, 1.54) is 10.8 Å². The Morgan fingerprint density at radius 1 is 0.650 bits per heavy atom. The van der Waals surface area contributed by atoms with Crippen LogP contribution in [0.15, 0.2) is 126 Å². The molecule has 0 radical (unpaired) electrons. The summed E-state index contributed by atoms with van der Waals surface area (Å²) in [6.07, 6.45) is 5.57. The van der Waals surface area contributed by atoms with E-state index in [2.05, 4.69) is 81.3 Å². The fraction of sp³-hybridized carbons (Fsp3) is 0.0294. The number of rotatable bonds is 4. The van der Waals surface area contributed by atoms with Crippen molar-refractivity contribution in [3.05, 3.63) is 122 Å². The van der Waals surface area contributed by atoms with Gasteiger partial charge in [-0.15, -0.1) is 0 Å². The van der Waals surface area contributed by atoms with Gasteiger partial charge in [-0.3, -0.25) is 4.98 Å². The molecule has 4 aromatic heterocycles. The smallest absolute Gasteiger partial charge is 0.227 e. The molecule has 6 heteroatoms. The average molecular weight is 518 g/mol. The number of para-hydroxylation sites is 1. The highest BCUT2D eigenvalue weighted by atomic mass is 16.3. The molecule has 0 aliphatic heterocycles. The standard InChI is InChI=1S/C34H23N5O/c1-38-18-17-36-33(38)23-13-15-32-29(20-23)37-34(40-32)24-12-14-27-26-9-2-3-11-30(26)39(31(27)21-24)25-8-6-7-22(19-25)28-10-4-5-16-35-28/h2-21H,1H3. The Hall–Kier alpha value is -5.49. The maximum absolute atomic E-state index is 6.25. The molecule has 8 aromatic rings. The topological polar surface area (TPSA) is 61.7 Å². The molecule has 0 aliphatic rings. The normalized spacial score (nSPS) is 11.6. The summed E-state index contributed by atoms with van der Waals surface area (Å²) in [7, 11) is 1.99. The van der Waals surface area contributed by atoms with Gasteiger partial charge in [0.25, 0.3) is 0 Å². The van der Waals surface area contributed by atoms with Crippen LogP contribution in [0.25, 0.3) is 72.7 Å². The van der Waals surface area contributed by atoms with Gasteiger partial charge in [0, 0.05) is 58.8 Å². The van der Waals surface area contributed by atoms with Crippen molar-refractivity contribution in [2.75, 3.05) is 0 Å².